The number of nitrogens with zero attached hydrogens (tertiary/aromatic N) is 1. The summed E-state index contributed by atoms with van der Waals surface area (Å²) in [7, 11) is 0. The number of aromatic nitrogens is 1. The summed E-state index contributed by atoms with van der Waals surface area (Å²) in [6.45, 7) is 0. The Balaban J connectivity index is 3.02. The lowest BCUT2D eigenvalue weighted by Gasteiger charge is -2.08. The average molecular weight is 252 g/mol. The van der Waals surface area contributed by atoms with Gasteiger partial charge in [-0.05, 0) is 6.07 Å². The van der Waals surface area contributed by atoms with Gasteiger partial charge in [-0.3, -0.25) is 4.79 Å². The summed E-state index contributed by atoms with van der Waals surface area (Å²) in [5.74, 6) is -5.24. The van der Waals surface area contributed by atoms with E-state index in [0.29, 0.717) is 12.3 Å². The third-order valence-electron chi connectivity index (χ3n) is 1.58. The lowest BCUT2D eigenvalue weighted by Crippen LogP contribution is -2.30. The van der Waals surface area contributed by atoms with Crippen molar-refractivity contribution in [3.8, 4) is 0 Å². The van der Waals surface area contributed by atoms with Gasteiger partial charge in [0.05, 0.1) is 11.9 Å². The van der Waals surface area contributed by atoms with Crippen molar-refractivity contribution in [2.24, 2.45) is 0 Å². The number of amides is 1. The molecule has 92 valence electrons. The van der Waals surface area contributed by atoms with Gasteiger partial charge in [-0.15, -0.1) is 0 Å². The summed E-state index contributed by atoms with van der Waals surface area (Å²) in [6.07, 6.45) is -4.80. The van der Waals surface area contributed by atoms with E-state index in [4.69, 9.17) is 5.11 Å². The van der Waals surface area contributed by atoms with Gasteiger partial charge in [-0.1, -0.05) is 0 Å². The van der Waals surface area contributed by atoms with Gasteiger partial charge >= 0.3 is 18.1 Å². The van der Waals surface area contributed by atoms with Crippen LogP contribution in [0.25, 0.3) is 0 Å². The molecule has 5 nitrogen and oxygen atoms in total. The highest BCUT2D eigenvalue weighted by atomic mass is 19.4. The van der Waals surface area contributed by atoms with Crippen molar-refractivity contribution in [2.75, 3.05) is 5.32 Å². The highest BCUT2D eigenvalue weighted by molar-refractivity contribution is 5.96. The Morgan fingerprint density at radius 2 is 1.94 bits per heavy atom. The van der Waals surface area contributed by atoms with Crippen molar-refractivity contribution in [1.82, 2.24) is 4.98 Å². The smallest absolute Gasteiger partial charge is 0.471 e. The van der Waals surface area contributed by atoms with Crippen molar-refractivity contribution in [1.29, 1.82) is 0 Å². The lowest BCUT2D eigenvalue weighted by atomic mass is 10.3. The standard InChI is InChI=1S/C8H4F4N2O3/c9-3-2-13-5(6(15)16)1-4(3)14-7(17)8(10,11)12/h1-2H,(H,15,16)(H,13,14,17). The molecule has 0 spiro atoms. The third-order valence-corrected chi connectivity index (χ3v) is 1.58. The van der Waals surface area contributed by atoms with E-state index in [9.17, 15) is 27.2 Å². The monoisotopic (exact) mass is 252 g/mol. The highest BCUT2D eigenvalue weighted by Crippen LogP contribution is 2.20. The number of anilines is 1. The van der Waals surface area contributed by atoms with Crippen molar-refractivity contribution in [2.45, 2.75) is 6.18 Å². The Bertz CT molecular complexity index is 472. The summed E-state index contributed by atoms with van der Waals surface area (Å²) < 4.78 is 48.5. The van der Waals surface area contributed by atoms with Crippen LogP contribution in [0.15, 0.2) is 12.3 Å². The molecule has 0 aliphatic rings. The van der Waals surface area contributed by atoms with Crippen molar-refractivity contribution < 1.29 is 32.3 Å². The fourth-order valence-electron chi connectivity index (χ4n) is 0.845. The molecular weight excluding hydrogens is 248 g/mol. The van der Waals surface area contributed by atoms with E-state index >= 15 is 0 Å². The number of carbonyl (C=O) groups is 2. The van der Waals surface area contributed by atoms with E-state index in [0.717, 1.165) is 0 Å². The lowest BCUT2D eigenvalue weighted by molar-refractivity contribution is -0.167. The molecule has 1 amide bonds. The second-order valence-electron chi connectivity index (χ2n) is 2.81. The zero-order valence-corrected chi connectivity index (χ0v) is 7.88. The molecule has 0 saturated heterocycles. The van der Waals surface area contributed by atoms with Crippen LogP contribution in [0.2, 0.25) is 0 Å². The molecule has 0 unspecified atom stereocenters. The predicted molar refractivity (Wildman–Crippen MR) is 45.8 cm³/mol. The van der Waals surface area contributed by atoms with Crippen molar-refractivity contribution in [3.63, 3.8) is 0 Å². The van der Waals surface area contributed by atoms with Gasteiger partial charge in [-0.2, -0.15) is 13.2 Å². The summed E-state index contributed by atoms with van der Waals surface area (Å²) in [5, 5.41) is 9.68. The summed E-state index contributed by atoms with van der Waals surface area (Å²) in [5.41, 5.74) is -1.59. The van der Waals surface area contributed by atoms with Gasteiger partial charge in [0.15, 0.2) is 5.82 Å². The number of hydrogen-bond acceptors (Lipinski definition) is 3. The topological polar surface area (TPSA) is 79.3 Å². The van der Waals surface area contributed by atoms with Crippen LogP contribution < -0.4 is 5.32 Å². The molecule has 2 N–H and O–H groups in total. The number of hydrogen-bond donors (Lipinski definition) is 2. The second-order valence-corrected chi connectivity index (χ2v) is 2.81. The maximum absolute atomic E-state index is 12.9. The molecule has 1 heterocycles. The number of carbonyl (C=O) groups excluding carboxylic acids is 1. The van der Waals surface area contributed by atoms with Gasteiger partial charge in [0, 0.05) is 0 Å². The summed E-state index contributed by atoms with van der Waals surface area (Å²) >= 11 is 0. The fourth-order valence-corrected chi connectivity index (χ4v) is 0.845. The Morgan fingerprint density at radius 1 is 1.35 bits per heavy atom. The number of pyridine rings is 1. The minimum atomic E-state index is -5.20. The second kappa shape index (κ2) is 4.36. The quantitative estimate of drug-likeness (QED) is 0.780. The fraction of sp³-hybridized carbons (Fsp3) is 0.125. The van der Waals surface area contributed by atoms with Crippen LogP contribution >= 0.6 is 0 Å². The molecular formula is C8H4F4N2O3. The van der Waals surface area contributed by atoms with Crippen molar-refractivity contribution in [3.05, 3.63) is 23.8 Å². The molecule has 0 aliphatic carbocycles. The van der Waals surface area contributed by atoms with E-state index in [1.54, 1.807) is 0 Å². The number of aromatic carboxylic acids is 1. The Labute approximate surface area is 91.1 Å². The Hall–Kier alpha value is -2.19. The molecule has 1 rings (SSSR count). The largest absolute Gasteiger partial charge is 0.477 e. The molecule has 0 bridgehead atoms. The van der Waals surface area contributed by atoms with Crippen molar-refractivity contribution >= 4 is 17.6 Å². The maximum atomic E-state index is 12.9. The third kappa shape index (κ3) is 3.13. The van der Waals surface area contributed by atoms with E-state index in [1.165, 1.54) is 5.32 Å². The first-order chi connectivity index (χ1) is 7.71. The zero-order chi connectivity index (χ0) is 13.2. The van der Waals surface area contributed by atoms with Gasteiger partial charge < -0.3 is 10.4 Å². The molecule has 17 heavy (non-hydrogen) atoms. The molecule has 0 radical (unpaired) electrons. The molecule has 0 aliphatic heterocycles. The number of rotatable bonds is 2. The number of nitrogens with one attached hydrogen (secondary N) is 1. The highest BCUT2D eigenvalue weighted by Gasteiger charge is 2.39. The van der Waals surface area contributed by atoms with Gasteiger partial charge in [0.1, 0.15) is 5.69 Å². The van der Waals surface area contributed by atoms with Crippen LogP contribution in [-0.4, -0.2) is 28.1 Å². The van der Waals surface area contributed by atoms with Gasteiger partial charge in [-0.25, -0.2) is 14.2 Å². The first kappa shape index (κ1) is 12.9. The molecule has 0 fully saturated rings. The molecule has 1 aromatic heterocycles. The van der Waals surface area contributed by atoms with Crippen LogP contribution in [0.1, 0.15) is 10.5 Å². The molecule has 0 aromatic carbocycles. The molecule has 0 atom stereocenters. The van der Waals surface area contributed by atoms with E-state index in [-0.39, 0.29) is 0 Å². The minimum absolute atomic E-state index is 0.398. The summed E-state index contributed by atoms with van der Waals surface area (Å²) in [4.78, 5) is 24.0. The number of alkyl halides is 3. The molecule has 0 saturated carbocycles. The van der Waals surface area contributed by atoms with Crippen LogP contribution in [-0.2, 0) is 4.79 Å². The zero-order valence-electron chi connectivity index (χ0n) is 7.88. The number of carboxylic acid groups (broad SMARTS) is 1. The van der Waals surface area contributed by atoms with E-state index in [1.807, 2.05) is 0 Å². The number of halogens is 4. The van der Waals surface area contributed by atoms with E-state index < -0.39 is 35.3 Å². The van der Waals surface area contributed by atoms with Crippen LogP contribution in [0, 0.1) is 5.82 Å². The van der Waals surface area contributed by atoms with Crippen LogP contribution in [0.4, 0.5) is 23.2 Å². The molecule has 9 heteroatoms. The van der Waals surface area contributed by atoms with Gasteiger partial charge in [0.25, 0.3) is 0 Å². The predicted octanol–water partition coefficient (Wildman–Crippen LogP) is 1.42. The maximum Gasteiger partial charge on any atom is 0.471 e. The van der Waals surface area contributed by atoms with Crippen LogP contribution in [0.5, 0.6) is 0 Å². The Morgan fingerprint density at radius 3 is 2.41 bits per heavy atom. The minimum Gasteiger partial charge on any atom is -0.477 e. The first-order valence-electron chi connectivity index (χ1n) is 3.99. The SMILES string of the molecule is O=C(O)c1cc(NC(=O)C(F)(F)F)c(F)cn1. The average Bonchev–Trinajstić information content (AvgIpc) is 2.19. The first-order valence-corrected chi connectivity index (χ1v) is 3.99. The molecule has 1 aromatic rings. The van der Waals surface area contributed by atoms with Crippen LogP contribution in [0.3, 0.4) is 0 Å². The summed E-state index contributed by atoms with van der Waals surface area (Å²) in [6, 6.07) is 0.487. The van der Waals surface area contributed by atoms with Gasteiger partial charge in [0.2, 0.25) is 0 Å². The normalized spacial score (nSPS) is 11.1. The number of carboxylic acids is 1. The Kier molecular flexibility index (Phi) is 3.30. The van der Waals surface area contributed by atoms with E-state index in [2.05, 4.69) is 4.98 Å².